The number of carbonyl (C=O) groups excluding carboxylic acids is 2. The van der Waals surface area contributed by atoms with E-state index in [2.05, 4.69) is 0 Å². The molecule has 2 amide bonds. The van der Waals surface area contributed by atoms with Crippen LogP contribution in [0.1, 0.15) is 17.3 Å². The zero-order valence-electron chi connectivity index (χ0n) is 10.2. The second-order valence-corrected chi connectivity index (χ2v) is 3.72. The zero-order valence-corrected chi connectivity index (χ0v) is 10.2. The Morgan fingerprint density at radius 3 is 2.58 bits per heavy atom. The van der Waals surface area contributed by atoms with Crippen molar-refractivity contribution in [1.29, 1.82) is 0 Å². The summed E-state index contributed by atoms with van der Waals surface area (Å²) < 4.78 is 0. The van der Waals surface area contributed by atoms with Crippen molar-refractivity contribution in [2.24, 2.45) is 5.73 Å². The number of phenolic OH excluding ortho intramolecular Hbond substituents is 1. The Labute approximate surface area is 108 Å². The molecule has 1 aromatic carbocycles. The van der Waals surface area contributed by atoms with Gasteiger partial charge in [0.2, 0.25) is 11.7 Å². The number of hydrogen-bond donors (Lipinski definition) is 2. The van der Waals surface area contributed by atoms with E-state index in [0.29, 0.717) is 0 Å². The third-order valence-electron chi connectivity index (χ3n) is 2.46. The third kappa shape index (κ3) is 3.18. The van der Waals surface area contributed by atoms with Gasteiger partial charge in [0.05, 0.1) is 17.0 Å². The first kappa shape index (κ1) is 14.4. The van der Waals surface area contributed by atoms with Gasteiger partial charge in [-0.15, -0.1) is 0 Å². The van der Waals surface area contributed by atoms with Gasteiger partial charge in [0.1, 0.15) is 0 Å². The van der Waals surface area contributed by atoms with Crippen molar-refractivity contribution < 1.29 is 19.6 Å². The van der Waals surface area contributed by atoms with Crippen LogP contribution in [0.2, 0.25) is 0 Å². The molecule has 0 radical (unpaired) electrons. The fourth-order valence-electron chi connectivity index (χ4n) is 1.54. The highest BCUT2D eigenvalue weighted by molar-refractivity contribution is 5.99. The van der Waals surface area contributed by atoms with Gasteiger partial charge in [-0.05, 0) is 13.0 Å². The van der Waals surface area contributed by atoms with Crippen molar-refractivity contribution in [3.63, 3.8) is 0 Å². The molecule has 0 unspecified atom stereocenters. The molecule has 0 aliphatic heterocycles. The molecule has 3 N–H and O–H groups in total. The van der Waals surface area contributed by atoms with Crippen LogP contribution in [0, 0.1) is 10.1 Å². The largest absolute Gasteiger partial charge is 0.502 e. The third-order valence-corrected chi connectivity index (χ3v) is 2.46. The van der Waals surface area contributed by atoms with Crippen molar-refractivity contribution in [3.8, 4) is 5.75 Å². The predicted molar refractivity (Wildman–Crippen MR) is 65.5 cm³/mol. The van der Waals surface area contributed by atoms with Crippen molar-refractivity contribution in [3.05, 3.63) is 33.9 Å². The second-order valence-electron chi connectivity index (χ2n) is 3.72. The van der Waals surface area contributed by atoms with Gasteiger partial charge in [0.25, 0.3) is 5.91 Å². The molecule has 1 rings (SSSR count). The van der Waals surface area contributed by atoms with E-state index in [1.807, 2.05) is 0 Å². The topological polar surface area (TPSA) is 127 Å². The van der Waals surface area contributed by atoms with Crippen molar-refractivity contribution in [2.75, 3.05) is 13.1 Å². The lowest BCUT2D eigenvalue weighted by molar-refractivity contribution is -0.385. The monoisotopic (exact) mass is 267 g/mol. The van der Waals surface area contributed by atoms with E-state index >= 15 is 0 Å². The average Bonchev–Trinajstić information content (AvgIpc) is 2.34. The highest BCUT2D eigenvalue weighted by Gasteiger charge is 2.24. The van der Waals surface area contributed by atoms with Crippen LogP contribution in [-0.4, -0.2) is 39.8 Å². The number of nitrogens with zero attached hydrogens (tertiary/aromatic N) is 2. The quantitative estimate of drug-likeness (QED) is 0.583. The van der Waals surface area contributed by atoms with Gasteiger partial charge < -0.3 is 15.7 Å². The molecule has 0 atom stereocenters. The first-order valence-corrected chi connectivity index (χ1v) is 5.42. The van der Waals surface area contributed by atoms with E-state index in [4.69, 9.17) is 5.73 Å². The molecule has 0 spiro atoms. The van der Waals surface area contributed by atoms with Crippen LogP contribution < -0.4 is 5.73 Å². The Kier molecular flexibility index (Phi) is 4.41. The smallest absolute Gasteiger partial charge is 0.311 e. The van der Waals surface area contributed by atoms with Crippen LogP contribution in [0.3, 0.4) is 0 Å². The summed E-state index contributed by atoms with van der Waals surface area (Å²) in [6.07, 6.45) is 0. The van der Waals surface area contributed by atoms with E-state index in [9.17, 15) is 24.8 Å². The van der Waals surface area contributed by atoms with Gasteiger partial charge in [-0.25, -0.2) is 0 Å². The number of hydrogen-bond acceptors (Lipinski definition) is 5. The van der Waals surface area contributed by atoms with Crippen molar-refractivity contribution in [1.82, 2.24) is 4.90 Å². The van der Waals surface area contributed by atoms with Crippen LogP contribution in [0.15, 0.2) is 18.2 Å². The average molecular weight is 267 g/mol. The van der Waals surface area contributed by atoms with E-state index in [0.717, 1.165) is 11.0 Å². The van der Waals surface area contributed by atoms with E-state index in [-0.39, 0.29) is 18.7 Å². The number of para-hydroxylation sites is 1. The summed E-state index contributed by atoms with van der Waals surface area (Å²) in [6, 6.07) is 3.61. The van der Waals surface area contributed by atoms with Crippen molar-refractivity contribution in [2.45, 2.75) is 6.92 Å². The van der Waals surface area contributed by atoms with Crippen LogP contribution in [0.5, 0.6) is 5.75 Å². The number of rotatable bonds is 5. The molecule has 8 nitrogen and oxygen atoms in total. The minimum absolute atomic E-state index is 0.184. The van der Waals surface area contributed by atoms with Gasteiger partial charge >= 0.3 is 5.69 Å². The fourth-order valence-corrected chi connectivity index (χ4v) is 1.54. The van der Waals surface area contributed by atoms with Gasteiger partial charge in [-0.2, -0.15) is 0 Å². The number of amides is 2. The number of likely N-dealkylation sites (N-methyl/N-ethyl adjacent to an activating group) is 1. The SMILES string of the molecule is CCN(CC(N)=O)C(=O)c1cccc([N+](=O)[O-])c1O. The zero-order chi connectivity index (χ0) is 14.6. The van der Waals surface area contributed by atoms with E-state index in [1.54, 1.807) is 6.92 Å². The highest BCUT2D eigenvalue weighted by Crippen LogP contribution is 2.29. The summed E-state index contributed by atoms with van der Waals surface area (Å²) in [5.74, 6) is -2.12. The standard InChI is InChI=1S/C11H13N3O5/c1-2-13(6-9(12)15)11(17)7-4-3-5-8(10(7)16)14(18)19/h3-5,16H,2,6H2,1H3,(H2,12,15). The first-order chi connectivity index (χ1) is 8.88. The molecule has 1 aromatic rings. The van der Waals surface area contributed by atoms with Crippen LogP contribution in [0.4, 0.5) is 5.69 Å². The van der Waals surface area contributed by atoms with Crippen LogP contribution in [0.25, 0.3) is 0 Å². The van der Waals surface area contributed by atoms with Gasteiger partial charge in [-0.1, -0.05) is 6.07 Å². The molecule has 0 saturated carbocycles. The molecule has 0 aromatic heterocycles. The van der Waals surface area contributed by atoms with Gasteiger partial charge in [0.15, 0.2) is 0 Å². The molecule has 0 fully saturated rings. The molecule has 0 aliphatic rings. The summed E-state index contributed by atoms with van der Waals surface area (Å²) in [7, 11) is 0. The molecule has 0 saturated heterocycles. The first-order valence-electron chi connectivity index (χ1n) is 5.42. The summed E-state index contributed by atoms with van der Waals surface area (Å²) >= 11 is 0. The Bertz CT molecular complexity index is 529. The number of phenols is 1. The van der Waals surface area contributed by atoms with Crippen LogP contribution in [-0.2, 0) is 4.79 Å². The highest BCUT2D eigenvalue weighted by atomic mass is 16.6. The number of aromatic hydroxyl groups is 1. The minimum Gasteiger partial charge on any atom is -0.502 e. The number of nitrogens with two attached hydrogens (primary N) is 1. The Morgan fingerprint density at radius 2 is 2.11 bits per heavy atom. The summed E-state index contributed by atoms with van der Waals surface area (Å²) in [5, 5.41) is 20.4. The lowest BCUT2D eigenvalue weighted by Crippen LogP contribution is -2.38. The molecular weight excluding hydrogens is 254 g/mol. The number of nitro groups is 1. The molecule has 0 heterocycles. The summed E-state index contributed by atoms with van der Waals surface area (Å²) in [6.45, 7) is 1.48. The molecule has 8 heteroatoms. The Hall–Kier alpha value is -2.64. The second kappa shape index (κ2) is 5.80. The maximum absolute atomic E-state index is 12.0. The van der Waals surface area contributed by atoms with Crippen LogP contribution >= 0.6 is 0 Å². The fraction of sp³-hybridized carbons (Fsp3) is 0.273. The molecule has 19 heavy (non-hydrogen) atoms. The lowest BCUT2D eigenvalue weighted by atomic mass is 10.1. The Balaban J connectivity index is 3.15. The van der Waals surface area contributed by atoms with E-state index in [1.165, 1.54) is 12.1 Å². The lowest BCUT2D eigenvalue weighted by Gasteiger charge is -2.19. The molecule has 0 bridgehead atoms. The molecule has 102 valence electrons. The van der Waals surface area contributed by atoms with Crippen molar-refractivity contribution >= 4 is 17.5 Å². The minimum atomic E-state index is -0.795. The van der Waals surface area contributed by atoms with E-state index < -0.39 is 28.2 Å². The number of benzene rings is 1. The predicted octanol–water partition coefficient (Wildman–Crippen LogP) is 0.248. The normalized spacial score (nSPS) is 9.95. The number of nitro benzene ring substituents is 1. The van der Waals surface area contributed by atoms with Gasteiger partial charge in [0, 0.05) is 12.6 Å². The maximum atomic E-state index is 12.0. The molecule has 0 aliphatic carbocycles. The molecular formula is C11H13N3O5. The number of primary amides is 1. The summed E-state index contributed by atoms with van der Waals surface area (Å²) in [4.78, 5) is 33.8. The number of carbonyl (C=O) groups is 2. The Morgan fingerprint density at radius 1 is 1.47 bits per heavy atom. The van der Waals surface area contributed by atoms with Gasteiger partial charge in [-0.3, -0.25) is 19.7 Å². The maximum Gasteiger partial charge on any atom is 0.311 e. The summed E-state index contributed by atoms with van der Waals surface area (Å²) in [5.41, 5.74) is 4.19.